The zero-order valence-corrected chi connectivity index (χ0v) is 19.9. The van der Waals surface area contributed by atoms with E-state index in [4.69, 9.17) is 15.2 Å². The monoisotopic (exact) mass is 601 g/mol. The third-order valence-corrected chi connectivity index (χ3v) is 4.08. The zero-order valence-electron chi connectivity index (χ0n) is 15.2. The number of rotatable bonds is 8. The van der Waals surface area contributed by atoms with Crippen molar-refractivity contribution in [1.82, 2.24) is 0 Å². The predicted octanol–water partition coefficient (Wildman–Crippen LogP) is 3.05. The molecule has 1 unspecified atom stereocenters. The first-order chi connectivity index (χ1) is 13.1. The summed E-state index contributed by atoms with van der Waals surface area (Å²) < 4.78 is 24.6. The summed E-state index contributed by atoms with van der Waals surface area (Å²) in [6.07, 6.45) is -1.93. The van der Waals surface area contributed by atoms with Gasteiger partial charge in [0.15, 0.2) is 11.6 Å². The minimum absolute atomic E-state index is 0. The number of carbonyl (C=O) groups excluding carboxylic acids is 1. The Bertz CT molecular complexity index is 781. The van der Waals surface area contributed by atoms with E-state index in [1.54, 1.807) is 6.07 Å². The van der Waals surface area contributed by atoms with Gasteiger partial charge in [0.2, 0.25) is 0 Å². The van der Waals surface area contributed by atoms with E-state index in [2.05, 4.69) is 5.32 Å². The Hall–Kier alpha value is -1.40. The van der Waals surface area contributed by atoms with Crippen molar-refractivity contribution < 1.29 is 67.8 Å². The molecular formula is C19H21AcFN3O4-. The van der Waals surface area contributed by atoms with Crippen LogP contribution in [0.25, 0.3) is 5.73 Å². The summed E-state index contributed by atoms with van der Waals surface area (Å²) in [6, 6.07) is 13.5. The van der Waals surface area contributed by atoms with Gasteiger partial charge in [-0.15, -0.1) is 6.54 Å². The van der Waals surface area contributed by atoms with Gasteiger partial charge >= 0.3 is 6.09 Å². The molecule has 1 aliphatic rings. The van der Waals surface area contributed by atoms with Crippen molar-refractivity contribution in [3.8, 4) is 5.75 Å². The fraction of sp³-hybridized carbons (Fsp3) is 0.316. The van der Waals surface area contributed by atoms with E-state index >= 15 is 0 Å². The quantitative estimate of drug-likeness (QED) is 0.486. The molecule has 0 bridgehead atoms. The first-order valence-electron chi connectivity index (χ1n) is 8.59. The summed E-state index contributed by atoms with van der Waals surface area (Å²) >= 11 is 0. The second kappa shape index (κ2) is 11.0. The molecule has 1 aliphatic heterocycles. The van der Waals surface area contributed by atoms with Crippen LogP contribution in [0.5, 0.6) is 5.75 Å². The SMILES string of the molecule is [Ac].[NH-]C[C@@H]1CN(c2ccc(OCC(O)CNc3ccccc3)c(F)c2)C(=O)O1. The number of para-hydroxylation sites is 1. The van der Waals surface area contributed by atoms with E-state index in [1.165, 1.54) is 17.0 Å². The first-order valence-corrected chi connectivity index (χ1v) is 8.59. The molecule has 0 aromatic heterocycles. The van der Waals surface area contributed by atoms with Gasteiger partial charge in [-0.2, -0.15) is 0 Å². The number of nitrogens with one attached hydrogen (secondary N) is 2. The molecule has 1 fully saturated rings. The number of nitrogens with zero attached hydrogens (tertiary/aromatic N) is 1. The second-order valence-corrected chi connectivity index (χ2v) is 6.15. The largest absolute Gasteiger partial charge is 0.674 e. The van der Waals surface area contributed by atoms with Crippen LogP contribution in [0.4, 0.5) is 20.6 Å². The molecule has 1 saturated heterocycles. The van der Waals surface area contributed by atoms with Gasteiger partial charge in [0.25, 0.3) is 0 Å². The Morgan fingerprint density at radius 2 is 2.07 bits per heavy atom. The minimum atomic E-state index is -0.823. The van der Waals surface area contributed by atoms with Crippen LogP contribution < -0.4 is 15.0 Å². The number of anilines is 2. The molecule has 0 spiro atoms. The van der Waals surface area contributed by atoms with Gasteiger partial charge in [-0.05, 0) is 24.3 Å². The maximum atomic E-state index is 14.3. The second-order valence-electron chi connectivity index (χ2n) is 6.15. The number of carbonyl (C=O) groups is 1. The summed E-state index contributed by atoms with van der Waals surface area (Å²) in [7, 11) is 0. The average molecular weight is 601 g/mol. The van der Waals surface area contributed by atoms with Crippen LogP contribution in [-0.2, 0) is 4.74 Å². The maximum absolute atomic E-state index is 14.3. The number of aliphatic hydroxyl groups excluding tert-OH is 1. The third-order valence-electron chi connectivity index (χ3n) is 4.08. The average Bonchev–Trinajstić information content (AvgIpc) is 3.07. The standard InChI is InChI=1S/C19H21FN3O4.Ac/c20-17-8-14(23-11-16(9-21)27-19(23)25)6-7-18(17)26-12-15(24)10-22-13-4-2-1-3-5-13;/h1-8,15-16,21-22,24H,9-12H2;/q-1;/t15?,16-;/m1./s1. The maximum Gasteiger partial charge on any atom is 0.414 e. The molecule has 2 aromatic rings. The summed E-state index contributed by atoms with van der Waals surface area (Å²) in [5.74, 6) is -0.653. The van der Waals surface area contributed by atoms with E-state index in [0.29, 0.717) is 5.69 Å². The minimum Gasteiger partial charge on any atom is -0.674 e. The number of hydrogen-bond donors (Lipinski definition) is 2. The van der Waals surface area contributed by atoms with Crippen LogP contribution >= 0.6 is 0 Å². The number of halogens is 1. The molecule has 0 aliphatic carbocycles. The van der Waals surface area contributed by atoms with Crippen LogP contribution in [0.2, 0.25) is 0 Å². The Labute approximate surface area is 198 Å². The van der Waals surface area contributed by atoms with Crippen molar-refractivity contribution >= 4 is 17.5 Å². The summed E-state index contributed by atoms with van der Waals surface area (Å²) in [5, 5.41) is 13.0. The molecule has 1 radical (unpaired) electrons. The molecule has 147 valence electrons. The Kier molecular flexibility index (Phi) is 8.96. The normalized spacial score (nSPS) is 16.9. The molecule has 2 aromatic carbocycles. The van der Waals surface area contributed by atoms with Crippen LogP contribution in [-0.4, -0.2) is 49.6 Å². The van der Waals surface area contributed by atoms with Crippen molar-refractivity contribution in [2.45, 2.75) is 12.2 Å². The van der Waals surface area contributed by atoms with Gasteiger partial charge in [0.05, 0.1) is 12.2 Å². The van der Waals surface area contributed by atoms with Gasteiger partial charge in [-0.25, -0.2) is 9.18 Å². The van der Waals surface area contributed by atoms with Crippen molar-refractivity contribution in [1.29, 1.82) is 0 Å². The third kappa shape index (κ3) is 6.05. The van der Waals surface area contributed by atoms with Crippen LogP contribution in [0.1, 0.15) is 0 Å². The molecule has 3 rings (SSSR count). The van der Waals surface area contributed by atoms with Crippen molar-refractivity contribution in [2.75, 3.05) is 36.5 Å². The summed E-state index contributed by atoms with van der Waals surface area (Å²) in [6.45, 7) is 0.354. The molecule has 2 atom stereocenters. The molecule has 28 heavy (non-hydrogen) atoms. The number of amides is 1. The van der Waals surface area contributed by atoms with Gasteiger partial charge in [-0.1, -0.05) is 18.2 Å². The molecule has 1 amide bonds. The molecule has 1 heterocycles. The van der Waals surface area contributed by atoms with E-state index in [-0.39, 0.29) is 76.1 Å². The van der Waals surface area contributed by atoms with Gasteiger partial charge in [-0.3, -0.25) is 4.90 Å². The van der Waals surface area contributed by atoms with E-state index in [9.17, 15) is 14.3 Å². The fourth-order valence-corrected chi connectivity index (χ4v) is 2.65. The first kappa shape index (κ1) is 22.9. The van der Waals surface area contributed by atoms with E-state index in [1.807, 2.05) is 30.3 Å². The number of cyclic esters (lactones) is 1. The van der Waals surface area contributed by atoms with E-state index in [0.717, 1.165) is 5.69 Å². The molecule has 3 N–H and O–H groups in total. The van der Waals surface area contributed by atoms with Crippen molar-refractivity contribution in [2.24, 2.45) is 0 Å². The fourth-order valence-electron chi connectivity index (χ4n) is 2.65. The van der Waals surface area contributed by atoms with Gasteiger partial charge in [0.1, 0.15) is 18.8 Å². The number of aliphatic hydroxyl groups is 1. The smallest absolute Gasteiger partial charge is 0.414 e. The molecular weight excluding hydrogens is 580 g/mol. The van der Waals surface area contributed by atoms with Crippen molar-refractivity contribution in [3.63, 3.8) is 0 Å². The number of benzene rings is 2. The molecule has 0 saturated carbocycles. The number of hydrogen-bond acceptors (Lipinski definition) is 5. The Morgan fingerprint density at radius 1 is 1.32 bits per heavy atom. The van der Waals surface area contributed by atoms with Crippen molar-refractivity contribution in [3.05, 3.63) is 60.1 Å². The topological polar surface area (TPSA) is 94.8 Å². The predicted molar refractivity (Wildman–Crippen MR) is 99.6 cm³/mol. The molecule has 9 heteroatoms. The Balaban J connectivity index is 0.00000280. The van der Waals surface area contributed by atoms with Gasteiger partial charge in [0, 0.05) is 62.4 Å². The van der Waals surface area contributed by atoms with Crippen LogP contribution in [0.15, 0.2) is 48.5 Å². The van der Waals surface area contributed by atoms with Crippen LogP contribution in [0.3, 0.4) is 0 Å². The molecule has 7 nitrogen and oxygen atoms in total. The summed E-state index contributed by atoms with van der Waals surface area (Å²) in [5.41, 5.74) is 8.49. The number of ether oxygens (including phenoxy) is 2. The zero-order chi connectivity index (χ0) is 19.2. The van der Waals surface area contributed by atoms with E-state index < -0.39 is 24.1 Å². The van der Waals surface area contributed by atoms with Crippen LogP contribution in [0, 0.1) is 49.9 Å². The Morgan fingerprint density at radius 3 is 2.71 bits per heavy atom. The van der Waals surface area contributed by atoms with Gasteiger partial charge < -0.3 is 25.6 Å². The summed E-state index contributed by atoms with van der Waals surface area (Å²) in [4.78, 5) is 13.1.